The molecule has 0 aliphatic carbocycles. The molecule has 0 spiro atoms. The Balaban J connectivity index is 2.81. The molecule has 0 saturated carbocycles. The lowest BCUT2D eigenvalue weighted by molar-refractivity contribution is -0.145. The number of rotatable bonds is 2. The normalized spacial score (nSPS) is 27.0. The third-order valence-electron chi connectivity index (χ3n) is 3.21. The van der Waals surface area contributed by atoms with Crippen LogP contribution in [0.2, 0.25) is 0 Å². The van der Waals surface area contributed by atoms with Gasteiger partial charge >= 0.3 is 0 Å². The lowest BCUT2D eigenvalue weighted by atomic mass is 9.73. The monoisotopic (exact) mass is 177 g/mol. The molecule has 0 bridgehead atoms. The van der Waals surface area contributed by atoms with Crippen LogP contribution in [0.25, 0.3) is 0 Å². The van der Waals surface area contributed by atoms with E-state index in [0.29, 0.717) is 25.9 Å². The molecule has 1 N–H and O–H groups in total. The number of nitrogens with one attached hydrogen (secondary N) is 1. The zero-order chi connectivity index (χ0) is 9.24. The Morgan fingerprint density at radius 3 is 2.17 bits per heavy atom. The van der Waals surface area contributed by atoms with Gasteiger partial charge in [0.25, 0.3) is 5.92 Å². The molecule has 1 aliphatic rings. The molecule has 0 aromatic carbocycles. The van der Waals surface area contributed by atoms with Crippen molar-refractivity contribution in [3.05, 3.63) is 0 Å². The Bertz CT molecular complexity index is 153. The average molecular weight is 177 g/mol. The number of halogens is 2. The van der Waals surface area contributed by atoms with Gasteiger partial charge in [-0.2, -0.15) is 0 Å². The first-order chi connectivity index (χ1) is 5.58. The molecule has 1 nitrogen and oxygen atoms in total. The molecule has 0 aromatic rings. The molecule has 1 heterocycles. The van der Waals surface area contributed by atoms with E-state index >= 15 is 0 Å². The summed E-state index contributed by atoms with van der Waals surface area (Å²) in [4.78, 5) is 0. The summed E-state index contributed by atoms with van der Waals surface area (Å²) in [6.45, 7) is 4.62. The van der Waals surface area contributed by atoms with E-state index in [1.807, 2.05) is 13.8 Å². The van der Waals surface area contributed by atoms with Crippen molar-refractivity contribution < 1.29 is 8.78 Å². The Morgan fingerprint density at radius 2 is 1.83 bits per heavy atom. The van der Waals surface area contributed by atoms with Crippen LogP contribution in [0.3, 0.4) is 0 Å². The van der Waals surface area contributed by atoms with Crippen molar-refractivity contribution in [3.63, 3.8) is 0 Å². The first-order valence-corrected chi connectivity index (χ1v) is 4.66. The fraction of sp³-hybridized carbons (Fsp3) is 1.00. The van der Waals surface area contributed by atoms with Gasteiger partial charge in [0.15, 0.2) is 0 Å². The summed E-state index contributed by atoms with van der Waals surface area (Å²) in [6.07, 6.45) is 1.11. The van der Waals surface area contributed by atoms with Crippen LogP contribution in [0.1, 0.15) is 33.1 Å². The standard InChI is InChI=1S/C9H17F2N/c1-3-8(4-2)7-12-6-5-9(8,10)11/h12H,3-7H2,1-2H3. The summed E-state index contributed by atoms with van der Waals surface area (Å²) in [5, 5.41) is 3.05. The van der Waals surface area contributed by atoms with Crippen molar-refractivity contribution in [1.82, 2.24) is 5.32 Å². The van der Waals surface area contributed by atoms with Crippen LogP contribution in [0.4, 0.5) is 8.78 Å². The van der Waals surface area contributed by atoms with E-state index in [9.17, 15) is 8.78 Å². The molecule has 72 valence electrons. The molecule has 0 unspecified atom stereocenters. The zero-order valence-electron chi connectivity index (χ0n) is 7.79. The van der Waals surface area contributed by atoms with Crippen molar-refractivity contribution in [2.24, 2.45) is 5.41 Å². The molecule has 1 aliphatic heterocycles. The fourth-order valence-corrected chi connectivity index (χ4v) is 1.98. The molecule has 0 radical (unpaired) electrons. The largest absolute Gasteiger partial charge is 0.316 e. The average Bonchev–Trinajstić information content (AvgIpc) is 2.05. The van der Waals surface area contributed by atoms with Crippen molar-refractivity contribution >= 4 is 0 Å². The first kappa shape index (κ1) is 9.90. The van der Waals surface area contributed by atoms with E-state index in [0.717, 1.165) is 0 Å². The highest BCUT2D eigenvalue weighted by Crippen LogP contribution is 2.45. The number of hydrogen-bond donors (Lipinski definition) is 1. The topological polar surface area (TPSA) is 12.0 Å². The maximum Gasteiger partial charge on any atom is 0.256 e. The molecule has 12 heavy (non-hydrogen) atoms. The first-order valence-electron chi connectivity index (χ1n) is 4.66. The van der Waals surface area contributed by atoms with Gasteiger partial charge in [-0.25, -0.2) is 8.78 Å². The Morgan fingerprint density at radius 1 is 1.25 bits per heavy atom. The van der Waals surface area contributed by atoms with Crippen molar-refractivity contribution in [3.8, 4) is 0 Å². The van der Waals surface area contributed by atoms with Crippen LogP contribution in [0.5, 0.6) is 0 Å². The molecule has 1 fully saturated rings. The van der Waals surface area contributed by atoms with Gasteiger partial charge in [0.05, 0.1) is 0 Å². The number of piperidine rings is 1. The van der Waals surface area contributed by atoms with E-state index in [-0.39, 0.29) is 6.42 Å². The Labute approximate surface area is 72.5 Å². The van der Waals surface area contributed by atoms with Gasteiger partial charge < -0.3 is 5.32 Å². The number of hydrogen-bond acceptors (Lipinski definition) is 1. The van der Waals surface area contributed by atoms with Gasteiger partial charge in [-0.05, 0) is 12.8 Å². The zero-order valence-corrected chi connectivity index (χ0v) is 7.79. The fourth-order valence-electron chi connectivity index (χ4n) is 1.98. The van der Waals surface area contributed by atoms with Crippen LogP contribution in [0.15, 0.2) is 0 Å². The maximum atomic E-state index is 13.5. The molecule has 1 rings (SSSR count). The highest BCUT2D eigenvalue weighted by atomic mass is 19.3. The summed E-state index contributed by atoms with van der Waals surface area (Å²) >= 11 is 0. The minimum Gasteiger partial charge on any atom is -0.316 e. The predicted molar refractivity (Wildman–Crippen MR) is 45.4 cm³/mol. The van der Waals surface area contributed by atoms with E-state index in [1.165, 1.54) is 0 Å². The molecule has 0 amide bonds. The van der Waals surface area contributed by atoms with Crippen LogP contribution >= 0.6 is 0 Å². The van der Waals surface area contributed by atoms with Crippen molar-refractivity contribution in [2.45, 2.75) is 39.0 Å². The third-order valence-corrected chi connectivity index (χ3v) is 3.21. The lowest BCUT2D eigenvalue weighted by Gasteiger charge is -2.43. The summed E-state index contributed by atoms with van der Waals surface area (Å²) in [5.74, 6) is -2.47. The van der Waals surface area contributed by atoms with Gasteiger partial charge in [0.1, 0.15) is 0 Å². The molecular formula is C9H17F2N. The molecular weight excluding hydrogens is 160 g/mol. The second-order valence-corrected chi connectivity index (χ2v) is 3.62. The second-order valence-electron chi connectivity index (χ2n) is 3.62. The summed E-state index contributed by atoms with van der Waals surface area (Å²) in [6, 6.07) is 0. The van der Waals surface area contributed by atoms with E-state index < -0.39 is 11.3 Å². The van der Waals surface area contributed by atoms with Crippen LogP contribution in [-0.2, 0) is 0 Å². The van der Waals surface area contributed by atoms with Crippen LogP contribution in [0, 0.1) is 5.41 Å². The number of alkyl halides is 2. The smallest absolute Gasteiger partial charge is 0.256 e. The van der Waals surface area contributed by atoms with E-state index in [2.05, 4.69) is 5.32 Å². The van der Waals surface area contributed by atoms with Crippen LogP contribution in [-0.4, -0.2) is 19.0 Å². The van der Waals surface area contributed by atoms with Crippen molar-refractivity contribution in [1.29, 1.82) is 0 Å². The lowest BCUT2D eigenvalue weighted by Crippen LogP contribution is -2.53. The van der Waals surface area contributed by atoms with Gasteiger partial charge in [-0.3, -0.25) is 0 Å². The predicted octanol–water partition coefficient (Wildman–Crippen LogP) is 2.42. The quantitative estimate of drug-likeness (QED) is 0.683. The summed E-state index contributed by atoms with van der Waals surface area (Å²) in [5.41, 5.74) is -0.786. The summed E-state index contributed by atoms with van der Waals surface area (Å²) < 4.78 is 27.0. The second kappa shape index (κ2) is 3.29. The van der Waals surface area contributed by atoms with Gasteiger partial charge in [-0.1, -0.05) is 13.8 Å². The summed E-state index contributed by atoms with van der Waals surface area (Å²) in [7, 11) is 0. The van der Waals surface area contributed by atoms with Crippen molar-refractivity contribution in [2.75, 3.05) is 13.1 Å². The van der Waals surface area contributed by atoms with E-state index in [4.69, 9.17) is 0 Å². The van der Waals surface area contributed by atoms with Gasteiger partial charge in [0.2, 0.25) is 0 Å². The third kappa shape index (κ3) is 1.35. The van der Waals surface area contributed by atoms with E-state index in [1.54, 1.807) is 0 Å². The minimum absolute atomic E-state index is 0.00528. The molecule has 0 atom stereocenters. The Hall–Kier alpha value is -0.180. The molecule has 3 heteroatoms. The maximum absolute atomic E-state index is 13.5. The highest BCUT2D eigenvalue weighted by molar-refractivity contribution is 4.96. The SMILES string of the molecule is CCC1(CC)CNCCC1(F)F. The highest BCUT2D eigenvalue weighted by Gasteiger charge is 2.52. The molecule has 0 aromatic heterocycles. The van der Waals surface area contributed by atoms with Gasteiger partial charge in [-0.15, -0.1) is 0 Å². The van der Waals surface area contributed by atoms with Gasteiger partial charge in [0, 0.05) is 24.9 Å². The minimum atomic E-state index is -2.47. The van der Waals surface area contributed by atoms with Crippen LogP contribution < -0.4 is 5.32 Å². The Kier molecular flexibility index (Phi) is 2.71. The molecule has 1 saturated heterocycles.